The van der Waals surface area contributed by atoms with Crippen LogP contribution in [0.1, 0.15) is 18.4 Å². The van der Waals surface area contributed by atoms with Crippen LogP contribution in [0.15, 0.2) is 48.8 Å². The van der Waals surface area contributed by atoms with Gasteiger partial charge >= 0.3 is 5.97 Å². The molecule has 0 aliphatic carbocycles. The minimum atomic E-state index is -0.886. The number of carboxylic acid groups (broad SMARTS) is 1. The van der Waals surface area contributed by atoms with Crippen LogP contribution in [-0.2, 0) is 9.59 Å². The van der Waals surface area contributed by atoms with Crippen LogP contribution in [-0.4, -0.2) is 40.0 Å². The molecule has 140 valence electrons. The number of pyridine rings is 1. The summed E-state index contributed by atoms with van der Waals surface area (Å²) < 4.78 is 19.6. The van der Waals surface area contributed by atoms with E-state index in [4.69, 9.17) is 9.84 Å². The molecule has 1 aromatic carbocycles. The number of ether oxygens (including phenoxy) is 1. The molecule has 1 unspecified atom stereocenters. The lowest BCUT2D eigenvalue weighted by Gasteiger charge is -2.29. The van der Waals surface area contributed by atoms with E-state index in [-0.39, 0.29) is 18.2 Å². The van der Waals surface area contributed by atoms with Crippen molar-refractivity contribution < 1.29 is 23.8 Å². The molecule has 0 radical (unpaired) electrons. The lowest BCUT2D eigenvalue weighted by molar-refractivity contribution is -0.144. The van der Waals surface area contributed by atoms with Crippen molar-refractivity contribution in [1.29, 1.82) is 0 Å². The number of likely N-dealkylation sites (tertiary alicyclic amines) is 1. The lowest BCUT2D eigenvalue weighted by atomic mass is 9.98. The van der Waals surface area contributed by atoms with Gasteiger partial charge < -0.3 is 14.7 Å². The molecule has 0 saturated carbocycles. The summed E-state index contributed by atoms with van der Waals surface area (Å²) in [6, 6.07) is 7.74. The average molecular weight is 370 g/mol. The second-order valence-electron chi connectivity index (χ2n) is 6.28. The molecule has 1 amide bonds. The van der Waals surface area contributed by atoms with Crippen LogP contribution < -0.4 is 4.74 Å². The summed E-state index contributed by atoms with van der Waals surface area (Å²) in [6.07, 6.45) is 7.15. The van der Waals surface area contributed by atoms with Gasteiger partial charge in [-0.3, -0.25) is 14.6 Å². The summed E-state index contributed by atoms with van der Waals surface area (Å²) in [5, 5.41) is 9.09. The summed E-state index contributed by atoms with van der Waals surface area (Å²) in [6.45, 7) is 0.726. The van der Waals surface area contributed by atoms with Crippen molar-refractivity contribution in [2.45, 2.75) is 12.8 Å². The summed E-state index contributed by atoms with van der Waals surface area (Å²) in [4.78, 5) is 28.8. The number of halogens is 1. The van der Waals surface area contributed by atoms with Crippen molar-refractivity contribution in [3.05, 3.63) is 60.2 Å². The van der Waals surface area contributed by atoms with Crippen molar-refractivity contribution in [3.63, 3.8) is 0 Å². The summed E-state index contributed by atoms with van der Waals surface area (Å²) in [5.74, 6) is -1.77. The first-order valence-electron chi connectivity index (χ1n) is 8.60. The minimum absolute atomic E-state index is 0.0619. The van der Waals surface area contributed by atoms with Crippen LogP contribution in [0.2, 0.25) is 0 Å². The van der Waals surface area contributed by atoms with E-state index in [0.29, 0.717) is 30.7 Å². The van der Waals surface area contributed by atoms with E-state index in [1.807, 2.05) is 0 Å². The van der Waals surface area contributed by atoms with E-state index >= 15 is 0 Å². The van der Waals surface area contributed by atoms with Crippen LogP contribution >= 0.6 is 0 Å². The SMILES string of the molecule is O=C(O)C1CCCN(C(=O)/C=C/c2ccc(Oc3cccnc3)c(F)c2)C1. The molecule has 2 aromatic rings. The second-order valence-corrected chi connectivity index (χ2v) is 6.28. The largest absolute Gasteiger partial charge is 0.481 e. The molecule has 27 heavy (non-hydrogen) atoms. The van der Waals surface area contributed by atoms with Crippen LogP contribution in [0.3, 0.4) is 0 Å². The fraction of sp³-hybridized carbons (Fsp3) is 0.250. The zero-order valence-electron chi connectivity index (χ0n) is 14.5. The zero-order valence-corrected chi connectivity index (χ0v) is 14.5. The van der Waals surface area contributed by atoms with Gasteiger partial charge in [0, 0.05) is 25.4 Å². The Morgan fingerprint density at radius 3 is 2.89 bits per heavy atom. The Labute approximate surface area is 155 Å². The van der Waals surface area contributed by atoms with Crippen LogP contribution in [0.5, 0.6) is 11.5 Å². The highest BCUT2D eigenvalue weighted by molar-refractivity contribution is 5.92. The van der Waals surface area contributed by atoms with Gasteiger partial charge in [-0.05, 0) is 48.7 Å². The number of benzene rings is 1. The third-order valence-electron chi connectivity index (χ3n) is 4.32. The smallest absolute Gasteiger partial charge is 0.308 e. The molecule has 0 bridgehead atoms. The molecule has 6 nitrogen and oxygen atoms in total. The van der Waals surface area contributed by atoms with E-state index in [2.05, 4.69) is 4.98 Å². The lowest BCUT2D eigenvalue weighted by Crippen LogP contribution is -2.41. The van der Waals surface area contributed by atoms with E-state index in [1.54, 1.807) is 24.4 Å². The highest BCUT2D eigenvalue weighted by Crippen LogP contribution is 2.25. The van der Waals surface area contributed by atoms with Crippen LogP contribution in [0.25, 0.3) is 6.08 Å². The van der Waals surface area contributed by atoms with E-state index < -0.39 is 17.7 Å². The number of nitrogens with zero attached hydrogens (tertiary/aromatic N) is 2. The number of carbonyl (C=O) groups excluding carboxylic acids is 1. The van der Waals surface area contributed by atoms with Crippen molar-refractivity contribution in [3.8, 4) is 11.5 Å². The van der Waals surface area contributed by atoms with E-state index in [9.17, 15) is 14.0 Å². The van der Waals surface area contributed by atoms with Crippen LogP contribution in [0, 0.1) is 11.7 Å². The van der Waals surface area contributed by atoms with Gasteiger partial charge in [-0.2, -0.15) is 0 Å². The molecule has 7 heteroatoms. The van der Waals surface area contributed by atoms with Gasteiger partial charge in [-0.1, -0.05) is 6.07 Å². The molecule has 1 atom stereocenters. The number of piperidine rings is 1. The maximum Gasteiger partial charge on any atom is 0.308 e. The molecule has 1 aromatic heterocycles. The number of hydrogen-bond acceptors (Lipinski definition) is 4. The Hall–Kier alpha value is -3.22. The average Bonchev–Trinajstić information content (AvgIpc) is 2.69. The standard InChI is InChI=1S/C20H19FN2O4/c21-17-11-14(5-7-18(17)27-16-4-1-9-22-12-16)6-8-19(24)23-10-2-3-15(13-23)20(25)26/h1,4-9,11-12,15H,2-3,10,13H2,(H,25,26)/b8-6+. The van der Waals surface area contributed by atoms with Crippen molar-refractivity contribution in [2.75, 3.05) is 13.1 Å². The number of aliphatic carboxylic acids is 1. The van der Waals surface area contributed by atoms with Gasteiger partial charge in [0.25, 0.3) is 0 Å². The third-order valence-corrected chi connectivity index (χ3v) is 4.32. The van der Waals surface area contributed by atoms with E-state index in [0.717, 1.165) is 0 Å². The quantitative estimate of drug-likeness (QED) is 0.817. The molecule has 1 aliphatic rings. The first-order chi connectivity index (χ1) is 13.0. The molecule has 1 N–H and O–H groups in total. The summed E-state index contributed by atoms with van der Waals surface area (Å²) in [5.41, 5.74) is 0.506. The monoisotopic (exact) mass is 370 g/mol. The number of hydrogen-bond donors (Lipinski definition) is 1. The predicted octanol–water partition coefficient (Wildman–Crippen LogP) is 3.35. The van der Waals surface area contributed by atoms with Crippen molar-refractivity contribution >= 4 is 18.0 Å². The highest BCUT2D eigenvalue weighted by Gasteiger charge is 2.27. The maximum absolute atomic E-state index is 14.2. The number of rotatable bonds is 5. The Bertz CT molecular complexity index is 854. The topological polar surface area (TPSA) is 79.7 Å². The van der Waals surface area contributed by atoms with Gasteiger partial charge in [0.1, 0.15) is 5.75 Å². The van der Waals surface area contributed by atoms with Gasteiger partial charge in [-0.15, -0.1) is 0 Å². The molecular formula is C20H19FN2O4. The van der Waals surface area contributed by atoms with Gasteiger partial charge in [0.15, 0.2) is 11.6 Å². The summed E-state index contributed by atoms with van der Waals surface area (Å²) >= 11 is 0. The van der Waals surface area contributed by atoms with Crippen molar-refractivity contribution in [1.82, 2.24) is 9.88 Å². The number of carbonyl (C=O) groups is 2. The Morgan fingerprint density at radius 1 is 1.33 bits per heavy atom. The minimum Gasteiger partial charge on any atom is -0.481 e. The molecule has 1 aliphatic heterocycles. The highest BCUT2D eigenvalue weighted by atomic mass is 19.1. The number of amides is 1. The fourth-order valence-corrected chi connectivity index (χ4v) is 2.89. The summed E-state index contributed by atoms with van der Waals surface area (Å²) in [7, 11) is 0. The first kappa shape index (κ1) is 18.6. The maximum atomic E-state index is 14.2. The Balaban J connectivity index is 1.64. The van der Waals surface area contributed by atoms with Gasteiger partial charge in [0.05, 0.1) is 12.1 Å². The van der Waals surface area contributed by atoms with Gasteiger partial charge in [0.2, 0.25) is 5.91 Å². The van der Waals surface area contributed by atoms with Gasteiger partial charge in [-0.25, -0.2) is 4.39 Å². The molecular weight excluding hydrogens is 351 g/mol. The number of aromatic nitrogens is 1. The predicted molar refractivity (Wildman–Crippen MR) is 96.7 cm³/mol. The van der Waals surface area contributed by atoms with E-state index in [1.165, 1.54) is 35.4 Å². The van der Waals surface area contributed by atoms with Crippen molar-refractivity contribution in [2.24, 2.45) is 5.92 Å². The molecule has 2 heterocycles. The Kier molecular flexibility index (Phi) is 5.80. The second kappa shape index (κ2) is 8.44. The molecule has 0 spiro atoms. The molecule has 3 rings (SSSR count). The molecule has 1 fully saturated rings. The third kappa shape index (κ3) is 4.91. The van der Waals surface area contributed by atoms with Crippen LogP contribution in [0.4, 0.5) is 4.39 Å². The number of carboxylic acids is 1. The normalized spacial score (nSPS) is 17.1. The molecule has 1 saturated heterocycles. The first-order valence-corrected chi connectivity index (χ1v) is 8.60. The Morgan fingerprint density at radius 2 is 2.19 bits per heavy atom. The zero-order chi connectivity index (χ0) is 19.2. The fourth-order valence-electron chi connectivity index (χ4n) is 2.89.